The van der Waals surface area contributed by atoms with Crippen LogP contribution in [0.1, 0.15) is 231 Å². The Hall–Kier alpha value is -6.87. The van der Waals surface area contributed by atoms with Crippen LogP contribution < -0.4 is 37.9 Å². The van der Waals surface area contributed by atoms with Crippen molar-refractivity contribution >= 4 is 58.8 Å². The van der Waals surface area contributed by atoms with E-state index in [0.29, 0.717) is 69.4 Å². The lowest BCUT2D eigenvalue weighted by atomic mass is 9.94. The smallest absolute Gasteiger partial charge is 0.123 e. The first-order chi connectivity index (χ1) is 55.4. The zero-order valence-electron chi connectivity index (χ0n) is 70.2. The molecule has 0 bridgehead atoms. The van der Waals surface area contributed by atoms with E-state index in [1.807, 2.05) is 80.1 Å². The number of benzene rings is 9. The van der Waals surface area contributed by atoms with E-state index >= 15 is 0 Å². The summed E-state index contributed by atoms with van der Waals surface area (Å²) in [5, 5.41) is -0.384. The van der Waals surface area contributed by atoms with Gasteiger partial charge in [-0.3, -0.25) is 0 Å². The zero-order valence-corrected chi connectivity index (χ0v) is 74.2. The summed E-state index contributed by atoms with van der Waals surface area (Å²) >= 11 is 9.29. The van der Waals surface area contributed by atoms with Crippen molar-refractivity contribution in [2.45, 2.75) is 236 Å². The van der Waals surface area contributed by atoms with Gasteiger partial charge >= 0.3 is 0 Å². The molecule has 0 saturated carbocycles. The van der Waals surface area contributed by atoms with Crippen LogP contribution in [0.2, 0.25) is 0 Å². The van der Waals surface area contributed by atoms with Crippen molar-refractivity contribution in [3.63, 3.8) is 0 Å². The highest BCUT2D eigenvalue weighted by Gasteiger charge is 2.32. The minimum atomic E-state index is -0.191. The molecule has 0 radical (unpaired) electrons. The number of thioether (sulfide) groups is 5. The first-order valence-electron chi connectivity index (χ1n) is 42.3. The molecule has 9 rings (SSSR count). The van der Waals surface area contributed by atoms with Gasteiger partial charge in [0, 0.05) is 73.5 Å². The van der Waals surface area contributed by atoms with E-state index in [0.717, 1.165) is 196 Å². The minimum Gasteiger partial charge on any atom is -0.496 e. The van der Waals surface area contributed by atoms with Gasteiger partial charge in [0.25, 0.3) is 0 Å². The lowest BCUT2D eigenvalue weighted by Gasteiger charge is -2.28. The summed E-state index contributed by atoms with van der Waals surface area (Å²) in [7, 11) is 7.30. The third-order valence-electron chi connectivity index (χ3n) is 21.9. The molecular formula is C100H130O8S5. The second-order valence-electron chi connectivity index (χ2n) is 30.1. The Labute approximate surface area is 702 Å². The molecule has 8 nitrogen and oxygen atoms in total. The number of rotatable bonds is 54. The van der Waals surface area contributed by atoms with Gasteiger partial charge in [0.1, 0.15) is 46.0 Å². The van der Waals surface area contributed by atoms with Crippen molar-refractivity contribution in [1.29, 1.82) is 0 Å². The maximum absolute atomic E-state index is 7.49. The fourth-order valence-corrected chi connectivity index (χ4v) is 20.3. The first-order valence-corrected chi connectivity index (χ1v) is 46.8. The molecule has 8 atom stereocenters. The molecule has 0 aliphatic heterocycles. The van der Waals surface area contributed by atoms with Crippen molar-refractivity contribution in [3.05, 3.63) is 245 Å². The van der Waals surface area contributed by atoms with Crippen LogP contribution in [0.3, 0.4) is 0 Å². The van der Waals surface area contributed by atoms with Crippen molar-refractivity contribution in [2.24, 2.45) is 23.7 Å². The second-order valence-corrected chi connectivity index (χ2v) is 36.5. The summed E-state index contributed by atoms with van der Waals surface area (Å²) in [6, 6.07) is 72.3. The predicted molar refractivity (Wildman–Crippen MR) is 485 cm³/mol. The molecule has 0 aliphatic rings. The summed E-state index contributed by atoms with van der Waals surface area (Å²) < 4.78 is 56.0. The fourth-order valence-electron chi connectivity index (χ4n) is 14.7. The van der Waals surface area contributed by atoms with E-state index in [1.165, 1.54) is 33.9 Å². The monoisotopic (exact) mass is 1620 g/mol. The minimum absolute atomic E-state index is 0.0880. The van der Waals surface area contributed by atoms with Crippen LogP contribution in [0, 0.1) is 23.7 Å². The zero-order chi connectivity index (χ0) is 79.9. The van der Waals surface area contributed by atoms with E-state index in [-0.39, 0.29) is 21.0 Å². The molecule has 13 heteroatoms. The molecule has 0 fully saturated rings. The summed E-state index contributed by atoms with van der Waals surface area (Å²) in [5.74, 6) is 9.45. The number of aryl methyl sites for hydroxylation is 1. The van der Waals surface area contributed by atoms with Gasteiger partial charge in [-0.15, -0.1) is 58.8 Å². The van der Waals surface area contributed by atoms with E-state index in [2.05, 4.69) is 263 Å². The van der Waals surface area contributed by atoms with Gasteiger partial charge in [-0.2, -0.15) is 0 Å². The second kappa shape index (κ2) is 49.9. The lowest BCUT2D eigenvalue weighted by Crippen LogP contribution is -2.15. The quantitative estimate of drug-likeness (QED) is 0.0340. The topological polar surface area (TPSA) is 73.8 Å². The largest absolute Gasteiger partial charge is 0.496 e. The fraction of sp³-hybridized carbons (Fsp3) is 0.460. The van der Waals surface area contributed by atoms with Gasteiger partial charge in [-0.05, 0) is 213 Å². The third-order valence-corrected chi connectivity index (χ3v) is 27.8. The van der Waals surface area contributed by atoms with Crippen LogP contribution in [-0.4, -0.2) is 60.6 Å². The Bertz CT molecular complexity index is 4150. The van der Waals surface area contributed by atoms with Crippen molar-refractivity contribution < 1.29 is 37.9 Å². The van der Waals surface area contributed by atoms with E-state index in [4.69, 9.17) is 37.9 Å². The molecule has 0 saturated heterocycles. The average molecular weight is 1620 g/mol. The molecule has 608 valence electrons. The maximum atomic E-state index is 7.49. The Morgan fingerprint density at radius 3 is 0.823 bits per heavy atom. The van der Waals surface area contributed by atoms with Gasteiger partial charge < -0.3 is 37.9 Å². The Balaban J connectivity index is 1.21. The van der Waals surface area contributed by atoms with Crippen molar-refractivity contribution in [1.82, 2.24) is 0 Å². The van der Waals surface area contributed by atoms with Crippen molar-refractivity contribution in [3.8, 4) is 46.0 Å². The number of unbranched alkanes of at least 4 members (excludes halogenated alkanes) is 4. The molecule has 9 aromatic carbocycles. The first kappa shape index (κ1) is 90.1. The third kappa shape index (κ3) is 28.2. The van der Waals surface area contributed by atoms with Gasteiger partial charge in [0.2, 0.25) is 0 Å². The molecule has 0 amide bonds. The highest BCUT2D eigenvalue weighted by Crippen LogP contribution is 2.53. The predicted octanol–water partition coefficient (Wildman–Crippen LogP) is 29.5. The molecule has 0 N–H and O–H groups in total. The van der Waals surface area contributed by atoms with E-state index in [1.54, 1.807) is 7.11 Å². The molecule has 0 spiro atoms. The molecule has 0 heterocycles. The Kier molecular flexibility index (Phi) is 39.8. The summed E-state index contributed by atoms with van der Waals surface area (Å²) in [4.78, 5) is 5.95. The number of ether oxygens (including phenoxy) is 8. The van der Waals surface area contributed by atoms with Crippen LogP contribution >= 0.6 is 58.8 Å². The number of hydrogen-bond donors (Lipinski definition) is 0. The molecule has 8 unspecified atom stereocenters. The van der Waals surface area contributed by atoms with Gasteiger partial charge in [0.05, 0.1) is 54.9 Å². The van der Waals surface area contributed by atoms with Crippen molar-refractivity contribution in [2.75, 3.05) is 60.6 Å². The highest BCUT2D eigenvalue weighted by atomic mass is 32.2. The molecule has 9 aromatic rings. The summed E-state index contributed by atoms with van der Waals surface area (Å²) in [5.41, 5.74) is 8.70. The Morgan fingerprint density at radius 2 is 0.540 bits per heavy atom. The molecular weight excluding hydrogens is 1490 g/mol. The molecule has 0 aromatic heterocycles. The standard InChI is InChI=1S/C100H130O8S5/c1-14-22-41-73(18-5)68-105-90-65-87(95(102-11)57-77(90)55-56-109-81-45-31-26-32-46-81)98(111-83-49-35-28-36-50-83)62-79-59-97(104-13)89(67-92(79)107-70-75(20-7)43-24-16-3)100(113-85-53-39-30-40-54-85)63-80-60-96(103-12)88(66-93(80)108-71-76(21-8)44-25-17-4)99(112-84-51-37-29-38-52-84)61-78-58-94(101-10)86(72(9)110-82-47-33-27-34-48-82)64-91(78)106-69-74(19-6)42-23-15-2/h26-40,45-54,57-60,64-67,72-76,98-100H,14-25,41-44,55-56,61-63,68-71H2,1-13H3. The summed E-state index contributed by atoms with van der Waals surface area (Å²) in [6.45, 7) is 23.1. The van der Waals surface area contributed by atoms with Crippen LogP contribution in [-0.2, 0) is 25.7 Å². The maximum Gasteiger partial charge on any atom is 0.123 e. The van der Waals surface area contributed by atoms with Crippen LogP contribution in [0.5, 0.6) is 46.0 Å². The van der Waals surface area contributed by atoms with Gasteiger partial charge in [-0.1, -0.05) is 223 Å². The normalized spacial score (nSPS) is 13.6. The summed E-state index contributed by atoms with van der Waals surface area (Å²) in [6.07, 6.45) is 20.5. The highest BCUT2D eigenvalue weighted by molar-refractivity contribution is 8.00. The van der Waals surface area contributed by atoms with Gasteiger partial charge in [0.15, 0.2) is 0 Å². The molecule has 113 heavy (non-hydrogen) atoms. The lowest BCUT2D eigenvalue weighted by molar-refractivity contribution is 0.230. The Morgan fingerprint density at radius 1 is 0.283 bits per heavy atom. The molecule has 0 aliphatic carbocycles. The van der Waals surface area contributed by atoms with E-state index in [9.17, 15) is 0 Å². The number of methoxy groups -OCH3 is 4. The average Bonchev–Trinajstić information content (AvgIpc) is 0.783. The van der Waals surface area contributed by atoms with E-state index < -0.39 is 0 Å². The number of hydrogen-bond acceptors (Lipinski definition) is 13. The van der Waals surface area contributed by atoms with Gasteiger partial charge in [-0.25, -0.2) is 0 Å². The SMILES string of the molecule is CCCCC(CC)COc1cc(C(Cc2cc(OC)c(C(Cc3cc(OC)c(C(Cc4cc(OC)c(C(C)Sc5ccccc5)cc4OCC(CC)CCCC)Sc4ccccc4)cc3OCC(CC)CCCC)Sc3ccccc3)cc2OCC(CC)CCCC)Sc2ccccc2)c(OC)cc1CCSc1ccccc1. The van der Waals surface area contributed by atoms with Crippen LogP contribution in [0.25, 0.3) is 0 Å². The van der Waals surface area contributed by atoms with Crippen LogP contribution in [0.4, 0.5) is 0 Å². The van der Waals surface area contributed by atoms with Crippen LogP contribution in [0.15, 0.2) is 225 Å².